The predicted molar refractivity (Wildman–Crippen MR) is 74.2 cm³/mol. The summed E-state index contributed by atoms with van der Waals surface area (Å²) in [7, 11) is 0. The van der Waals surface area contributed by atoms with Gasteiger partial charge >= 0.3 is 0 Å². The van der Waals surface area contributed by atoms with E-state index in [0.717, 1.165) is 27.7 Å². The van der Waals surface area contributed by atoms with Gasteiger partial charge in [-0.2, -0.15) is 0 Å². The van der Waals surface area contributed by atoms with Crippen molar-refractivity contribution in [1.82, 2.24) is 4.98 Å². The average molecular weight is 245 g/mol. The maximum atomic E-state index is 5.99. The minimum atomic E-state index is 0.184. The van der Waals surface area contributed by atoms with Gasteiger partial charge in [-0.15, -0.1) is 11.3 Å². The van der Waals surface area contributed by atoms with Crippen LogP contribution >= 0.6 is 11.3 Å². The van der Waals surface area contributed by atoms with Gasteiger partial charge in [0.15, 0.2) is 0 Å². The molecular weight excluding hydrogens is 230 g/mol. The lowest BCUT2D eigenvalue weighted by atomic mass is 9.98. The van der Waals surface area contributed by atoms with Gasteiger partial charge in [-0.3, -0.25) is 0 Å². The zero-order valence-corrected chi connectivity index (χ0v) is 10.3. The van der Waals surface area contributed by atoms with Crippen molar-refractivity contribution < 1.29 is 0 Å². The molecule has 0 spiro atoms. The van der Waals surface area contributed by atoms with Crippen LogP contribution in [0.4, 0.5) is 0 Å². The quantitative estimate of drug-likeness (QED) is 0.860. The summed E-state index contributed by atoms with van der Waals surface area (Å²) in [5, 5.41) is 1.02. The highest BCUT2D eigenvalue weighted by Crippen LogP contribution is 2.33. The normalized spacial score (nSPS) is 19.5. The second-order valence-electron chi connectivity index (χ2n) is 3.75. The summed E-state index contributed by atoms with van der Waals surface area (Å²) in [6.45, 7) is 3.79. The Morgan fingerprint density at radius 1 is 1.53 bits per heavy atom. The van der Waals surface area contributed by atoms with Gasteiger partial charge in [0.25, 0.3) is 0 Å². The highest BCUT2D eigenvalue weighted by molar-refractivity contribution is 7.12. The Balaban J connectivity index is 2.37. The SMILES string of the molecule is C=Cc1sc([C@@H]2CC=CC=C2N)nc1/C=C\N. The van der Waals surface area contributed by atoms with Crippen molar-refractivity contribution >= 4 is 23.5 Å². The van der Waals surface area contributed by atoms with Crippen LogP contribution in [0.15, 0.2) is 36.7 Å². The van der Waals surface area contributed by atoms with E-state index in [0.29, 0.717) is 0 Å². The van der Waals surface area contributed by atoms with Crippen LogP contribution in [0.3, 0.4) is 0 Å². The molecule has 0 saturated heterocycles. The van der Waals surface area contributed by atoms with Crippen LogP contribution in [-0.2, 0) is 0 Å². The smallest absolute Gasteiger partial charge is 0.103 e. The van der Waals surface area contributed by atoms with E-state index in [1.54, 1.807) is 23.5 Å². The first-order chi connectivity index (χ1) is 8.26. The van der Waals surface area contributed by atoms with Crippen molar-refractivity contribution in [2.75, 3.05) is 0 Å². The van der Waals surface area contributed by atoms with Crippen molar-refractivity contribution in [3.8, 4) is 0 Å². The van der Waals surface area contributed by atoms with Crippen molar-refractivity contribution in [3.63, 3.8) is 0 Å². The fourth-order valence-corrected chi connectivity index (χ4v) is 2.80. The zero-order chi connectivity index (χ0) is 12.3. The maximum absolute atomic E-state index is 5.99. The molecule has 1 aliphatic carbocycles. The van der Waals surface area contributed by atoms with E-state index in [4.69, 9.17) is 11.5 Å². The lowest BCUT2D eigenvalue weighted by molar-refractivity contribution is 0.777. The highest BCUT2D eigenvalue weighted by atomic mass is 32.1. The molecule has 0 aromatic carbocycles. The van der Waals surface area contributed by atoms with Crippen LogP contribution in [-0.4, -0.2) is 4.98 Å². The molecule has 3 nitrogen and oxygen atoms in total. The Morgan fingerprint density at radius 3 is 3.00 bits per heavy atom. The summed E-state index contributed by atoms with van der Waals surface area (Å²) in [5.41, 5.74) is 13.1. The fraction of sp³-hybridized carbons (Fsp3) is 0.154. The Bertz CT molecular complexity index is 509. The highest BCUT2D eigenvalue weighted by Gasteiger charge is 2.20. The molecule has 88 valence electrons. The molecule has 1 aliphatic rings. The van der Waals surface area contributed by atoms with E-state index in [1.807, 2.05) is 12.2 Å². The molecular formula is C13H15N3S. The molecule has 0 saturated carbocycles. The van der Waals surface area contributed by atoms with Gasteiger partial charge in [0, 0.05) is 5.70 Å². The molecule has 4 N–H and O–H groups in total. The van der Waals surface area contributed by atoms with Crippen LogP contribution < -0.4 is 11.5 Å². The minimum absolute atomic E-state index is 0.184. The first kappa shape index (κ1) is 11.7. The molecule has 0 radical (unpaired) electrons. The van der Waals surface area contributed by atoms with Crippen LogP contribution in [0.25, 0.3) is 12.2 Å². The summed E-state index contributed by atoms with van der Waals surface area (Å²) in [6, 6.07) is 0. The summed E-state index contributed by atoms with van der Waals surface area (Å²) >= 11 is 1.62. The Hall–Kier alpha value is -1.81. The summed E-state index contributed by atoms with van der Waals surface area (Å²) in [4.78, 5) is 5.60. The number of aromatic nitrogens is 1. The molecule has 0 bridgehead atoms. The van der Waals surface area contributed by atoms with Gasteiger partial charge in [0.2, 0.25) is 0 Å². The van der Waals surface area contributed by atoms with Crippen LogP contribution in [0.5, 0.6) is 0 Å². The Morgan fingerprint density at radius 2 is 2.35 bits per heavy atom. The van der Waals surface area contributed by atoms with E-state index < -0.39 is 0 Å². The van der Waals surface area contributed by atoms with Crippen molar-refractivity contribution in [3.05, 3.63) is 52.3 Å². The molecule has 0 unspecified atom stereocenters. The third kappa shape index (κ3) is 2.31. The van der Waals surface area contributed by atoms with Gasteiger partial charge in [-0.05, 0) is 30.8 Å². The van der Waals surface area contributed by atoms with Crippen LogP contribution in [0.1, 0.15) is 27.9 Å². The van der Waals surface area contributed by atoms with E-state index in [-0.39, 0.29) is 5.92 Å². The summed E-state index contributed by atoms with van der Waals surface area (Å²) in [6.07, 6.45) is 12.0. The van der Waals surface area contributed by atoms with Crippen molar-refractivity contribution in [2.24, 2.45) is 11.5 Å². The molecule has 1 atom stereocenters. The molecule has 0 fully saturated rings. The largest absolute Gasteiger partial charge is 0.405 e. The number of nitrogens with zero attached hydrogens (tertiary/aromatic N) is 1. The number of hydrogen-bond acceptors (Lipinski definition) is 4. The Labute approximate surface area is 105 Å². The maximum Gasteiger partial charge on any atom is 0.103 e. The standard InChI is InChI=1S/C13H15N3S/c1-2-12-11(7-8-14)16-13(17-12)9-5-3-4-6-10(9)15/h2-4,6-9H,1,5,14-15H2/b8-7-/t9-/m1/s1. The predicted octanol–water partition coefficient (Wildman–Crippen LogP) is 2.60. The lowest BCUT2D eigenvalue weighted by Crippen LogP contribution is -2.11. The molecule has 17 heavy (non-hydrogen) atoms. The first-order valence-electron chi connectivity index (χ1n) is 5.40. The zero-order valence-electron chi connectivity index (χ0n) is 9.47. The Kier molecular flexibility index (Phi) is 3.44. The van der Waals surface area contributed by atoms with Gasteiger partial charge in [-0.1, -0.05) is 18.7 Å². The number of rotatable bonds is 3. The van der Waals surface area contributed by atoms with Crippen LogP contribution in [0.2, 0.25) is 0 Å². The molecule has 1 aromatic rings. The molecule has 1 aromatic heterocycles. The third-order valence-electron chi connectivity index (χ3n) is 2.63. The molecule has 0 amide bonds. The van der Waals surface area contributed by atoms with Crippen molar-refractivity contribution in [2.45, 2.75) is 12.3 Å². The third-order valence-corrected chi connectivity index (χ3v) is 3.81. The topological polar surface area (TPSA) is 64.9 Å². The van der Waals surface area contributed by atoms with E-state index in [9.17, 15) is 0 Å². The summed E-state index contributed by atoms with van der Waals surface area (Å²) < 4.78 is 0. The second kappa shape index (κ2) is 5.01. The molecule has 2 rings (SSSR count). The average Bonchev–Trinajstić information content (AvgIpc) is 2.73. The van der Waals surface area contributed by atoms with Crippen molar-refractivity contribution in [1.29, 1.82) is 0 Å². The molecule has 0 aliphatic heterocycles. The van der Waals surface area contributed by atoms with E-state index in [2.05, 4.69) is 17.6 Å². The van der Waals surface area contributed by atoms with Gasteiger partial charge in [-0.25, -0.2) is 4.98 Å². The number of allylic oxidation sites excluding steroid dienone is 4. The molecule has 4 heteroatoms. The second-order valence-corrected chi connectivity index (χ2v) is 4.81. The lowest BCUT2D eigenvalue weighted by Gasteiger charge is -2.15. The van der Waals surface area contributed by atoms with Crippen LogP contribution in [0, 0.1) is 0 Å². The minimum Gasteiger partial charge on any atom is -0.405 e. The number of hydrogen-bond donors (Lipinski definition) is 2. The number of nitrogens with two attached hydrogens (primary N) is 2. The molecule has 1 heterocycles. The van der Waals surface area contributed by atoms with Gasteiger partial charge in [0.05, 0.1) is 16.5 Å². The fourth-order valence-electron chi connectivity index (χ4n) is 1.76. The van der Waals surface area contributed by atoms with E-state index in [1.165, 1.54) is 6.20 Å². The van der Waals surface area contributed by atoms with E-state index >= 15 is 0 Å². The van der Waals surface area contributed by atoms with Gasteiger partial charge < -0.3 is 11.5 Å². The van der Waals surface area contributed by atoms with Gasteiger partial charge in [0.1, 0.15) is 5.01 Å². The monoisotopic (exact) mass is 245 g/mol. The summed E-state index contributed by atoms with van der Waals surface area (Å²) in [5.74, 6) is 0.184. The first-order valence-corrected chi connectivity index (χ1v) is 6.21. The number of thiazole rings is 1.